The van der Waals surface area contributed by atoms with Crippen molar-refractivity contribution in [1.29, 1.82) is 0 Å². The highest BCUT2D eigenvalue weighted by Gasteiger charge is 2.25. The molecule has 0 saturated carbocycles. The second-order valence-electron chi connectivity index (χ2n) is 10.2. The summed E-state index contributed by atoms with van der Waals surface area (Å²) in [7, 11) is 1.62. The Hall–Kier alpha value is -5.09. The smallest absolute Gasteiger partial charge is 0.260 e. The highest BCUT2D eigenvalue weighted by molar-refractivity contribution is 6.30. The largest absolute Gasteiger partial charge is 0.493 e. The topological polar surface area (TPSA) is 116 Å². The Morgan fingerprint density at radius 3 is 2.39 bits per heavy atom. The number of hydrogen-bond donors (Lipinski definition) is 1. The second kappa shape index (κ2) is 13.0. The minimum absolute atomic E-state index is 0.0461. The van der Waals surface area contributed by atoms with Crippen molar-refractivity contribution in [3.63, 3.8) is 0 Å². The van der Waals surface area contributed by atoms with E-state index in [-0.39, 0.29) is 18.5 Å². The number of pyridine rings is 1. The lowest BCUT2D eigenvalue weighted by Crippen LogP contribution is -2.50. The van der Waals surface area contributed by atoms with Gasteiger partial charge in [-0.3, -0.25) is 4.79 Å². The number of nitrogens with zero attached hydrogens (tertiary/aromatic N) is 5. The third-order valence-corrected chi connectivity index (χ3v) is 7.60. The van der Waals surface area contributed by atoms with E-state index in [2.05, 4.69) is 14.9 Å². The second-order valence-corrected chi connectivity index (χ2v) is 10.7. The molecule has 6 rings (SSSR count). The van der Waals surface area contributed by atoms with Crippen molar-refractivity contribution in [3.05, 3.63) is 95.5 Å². The minimum atomic E-state index is -0.0859. The van der Waals surface area contributed by atoms with Crippen molar-refractivity contribution in [2.75, 3.05) is 50.5 Å². The predicted octanol–water partition coefficient (Wildman–Crippen LogP) is 5.24. The van der Waals surface area contributed by atoms with Crippen LogP contribution in [0.15, 0.2) is 84.9 Å². The molecule has 0 atom stereocenters. The molecule has 11 heteroatoms. The van der Waals surface area contributed by atoms with E-state index in [0.717, 1.165) is 16.8 Å². The first-order valence-electron chi connectivity index (χ1n) is 14.2. The van der Waals surface area contributed by atoms with Gasteiger partial charge in [0.25, 0.3) is 5.91 Å². The first-order chi connectivity index (χ1) is 21.5. The van der Waals surface area contributed by atoms with Crippen molar-refractivity contribution in [3.8, 4) is 28.5 Å². The lowest BCUT2D eigenvalue weighted by molar-refractivity contribution is -0.133. The van der Waals surface area contributed by atoms with Gasteiger partial charge in [0.2, 0.25) is 5.95 Å². The fraction of sp³-hybridized carbons (Fsp3) is 0.212. The van der Waals surface area contributed by atoms with Gasteiger partial charge in [0.05, 0.1) is 18.3 Å². The summed E-state index contributed by atoms with van der Waals surface area (Å²) in [5, 5.41) is 0.612. The van der Waals surface area contributed by atoms with Gasteiger partial charge in [0.15, 0.2) is 23.9 Å². The van der Waals surface area contributed by atoms with Gasteiger partial charge >= 0.3 is 0 Å². The summed E-state index contributed by atoms with van der Waals surface area (Å²) in [6.07, 6.45) is 0. The van der Waals surface area contributed by atoms with E-state index >= 15 is 0 Å². The Morgan fingerprint density at radius 2 is 1.64 bits per heavy atom. The summed E-state index contributed by atoms with van der Waals surface area (Å²) in [5.74, 6) is 2.56. The number of carbonyl (C=O) groups is 1. The van der Waals surface area contributed by atoms with Gasteiger partial charge in [0, 0.05) is 36.8 Å². The van der Waals surface area contributed by atoms with Crippen LogP contribution in [0.1, 0.15) is 5.56 Å². The number of rotatable bonds is 9. The molecule has 0 unspecified atom stereocenters. The average molecular weight is 611 g/mol. The number of hydrogen-bond acceptors (Lipinski definition) is 9. The van der Waals surface area contributed by atoms with E-state index in [4.69, 9.17) is 36.5 Å². The summed E-state index contributed by atoms with van der Waals surface area (Å²) >= 11 is 5.93. The van der Waals surface area contributed by atoms with Gasteiger partial charge in [-0.25, -0.2) is 9.97 Å². The number of aromatic nitrogens is 3. The van der Waals surface area contributed by atoms with Crippen LogP contribution in [0.25, 0.3) is 22.3 Å². The SMILES string of the molecule is COc1cc(-c2ccc3nc(N)nc(N4CCN(C(=O)COc5ccc(Cl)cc5)CC4)c3n2)ccc1OCc1ccccc1. The molecule has 2 aromatic heterocycles. The maximum absolute atomic E-state index is 12.8. The number of ether oxygens (including phenoxy) is 3. The van der Waals surface area contributed by atoms with Gasteiger partial charge in [-0.2, -0.15) is 4.98 Å². The molecule has 0 bridgehead atoms. The van der Waals surface area contributed by atoms with Gasteiger partial charge in [-0.15, -0.1) is 0 Å². The lowest BCUT2D eigenvalue weighted by Gasteiger charge is -2.35. The fourth-order valence-electron chi connectivity index (χ4n) is 5.01. The van der Waals surface area contributed by atoms with Crippen LogP contribution in [-0.4, -0.2) is 65.7 Å². The molecule has 1 aliphatic rings. The molecule has 1 aliphatic heterocycles. The highest BCUT2D eigenvalue weighted by atomic mass is 35.5. The number of fused-ring (bicyclic) bond motifs is 1. The number of amides is 1. The first-order valence-corrected chi connectivity index (χ1v) is 14.5. The Morgan fingerprint density at radius 1 is 0.864 bits per heavy atom. The first kappa shape index (κ1) is 29.0. The lowest BCUT2D eigenvalue weighted by atomic mass is 10.1. The molecular weight excluding hydrogens is 580 g/mol. The molecule has 1 fully saturated rings. The van der Waals surface area contributed by atoms with Gasteiger partial charge < -0.3 is 29.7 Å². The molecule has 3 aromatic carbocycles. The molecule has 0 radical (unpaired) electrons. The number of nitrogens with two attached hydrogens (primary N) is 1. The fourth-order valence-corrected chi connectivity index (χ4v) is 5.14. The maximum atomic E-state index is 12.8. The molecule has 3 heterocycles. The number of benzene rings is 3. The molecule has 0 aliphatic carbocycles. The summed E-state index contributed by atoms with van der Waals surface area (Å²) in [4.78, 5) is 30.6. The van der Waals surface area contributed by atoms with Crippen molar-refractivity contribution in [1.82, 2.24) is 19.9 Å². The molecule has 1 amide bonds. The number of halogens is 1. The van der Waals surface area contributed by atoms with Crippen LogP contribution in [0, 0.1) is 0 Å². The Bertz CT molecular complexity index is 1760. The van der Waals surface area contributed by atoms with Gasteiger partial charge in [-0.05, 0) is 60.2 Å². The normalized spacial score (nSPS) is 13.1. The monoisotopic (exact) mass is 610 g/mol. The number of nitrogen functional groups attached to an aromatic ring is 1. The van der Waals surface area contributed by atoms with Crippen molar-refractivity contribution in [2.24, 2.45) is 0 Å². The van der Waals surface area contributed by atoms with E-state index in [9.17, 15) is 4.79 Å². The summed E-state index contributed by atoms with van der Waals surface area (Å²) in [6.45, 7) is 2.53. The van der Waals surface area contributed by atoms with E-state index in [1.54, 1.807) is 36.3 Å². The van der Waals surface area contributed by atoms with Crippen LogP contribution >= 0.6 is 11.6 Å². The van der Waals surface area contributed by atoms with Crippen LogP contribution in [-0.2, 0) is 11.4 Å². The van der Waals surface area contributed by atoms with Crippen LogP contribution in [0.5, 0.6) is 17.2 Å². The number of anilines is 2. The quantitative estimate of drug-likeness (QED) is 0.239. The van der Waals surface area contributed by atoms with Crippen LogP contribution < -0.4 is 24.8 Å². The molecule has 5 aromatic rings. The van der Waals surface area contributed by atoms with Crippen molar-refractivity contribution < 1.29 is 19.0 Å². The molecule has 2 N–H and O–H groups in total. The number of piperazine rings is 1. The van der Waals surface area contributed by atoms with Gasteiger partial charge in [-0.1, -0.05) is 41.9 Å². The van der Waals surface area contributed by atoms with Crippen LogP contribution in [0.3, 0.4) is 0 Å². The third kappa shape index (κ3) is 6.60. The van der Waals surface area contributed by atoms with E-state index in [1.165, 1.54) is 0 Å². The van der Waals surface area contributed by atoms with Crippen molar-refractivity contribution in [2.45, 2.75) is 6.61 Å². The van der Waals surface area contributed by atoms with E-state index in [0.29, 0.717) is 71.9 Å². The van der Waals surface area contributed by atoms with E-state index in [1.807, 2.05) is 60.7 Å². The third-order valence-electron chi connectivity index (χ3n) is 7.35. The van der Waals surface area contributed by atoms with Crippen LogP contribution in [0.2, 0.25) is 5.02 Å². The predicted molar refractivity (Wildman–Crippen MR) is 170 cm³/mol. The molecule has 1 saturated heterocycles. The zero-order chi connectivity index (χ0) is 30.5. The zero-order valence-corrected chi connectivity index (χ0v) is 24.9. The molecule has 0 spiro atoms. The molecule has 10 nitrogen and oxygen atoms in total. The molecule has 44 heavy (non-hydrogen) atoms. The molecule has 224 valence electrons. The van der Waals surface area contributed by atoms with Gasteiger partial charge in [0.1, 0.15) is 17.9 Å². The van der Waals surface area contributed by atoms with Crippen LogP contribution in [0.4, 0.5) is 11.8 Å². The average Bonchev–Trinajstić information content (AvgIpc) is 3.07. The minimum Gasteiger partial charge on any atom is -0.493 e. The highest BCUT2D eigenvalue weighted by Crippen LogP contribution is 2.34. The standard InChI is InChI=1S/C33H31ClN6O4/c1-42-29-19-23(7-14-28(29)44-20-22-5-3-2-4-6-22)26-12-13-27-31(36-26)32(38-33(35)37-27)40-17-15-39(16-18-40)30(41)21-43-25-10-8-24(34)9-11-25/h2-14,19H,15-18,20-21H2,1H3,(H2,35,37,38). The molecular formula is C33H31ClN6O4. The zero-order valence-electron chi connectivity index (χ0n) is 24.1. The summed E-state index contributed by atoms with van der Waals surface area (Å²) in [6, 6.07) is 26.4. The maximum Gasteiger partial charge on any atom is 0.260 e. The summed E-state index contributed by atoms with van der Waals surface area (Å²) < 4.78 is 17.3. The Kier molecular flexibility index (Phi) is 8.60. The number of carbonyl (C=O) groups excluding carboxylic acids is 1. The Labute approximate surface area is 260 Å². The Balaban J connectivity index is 1.17. The number of methoxy groups -OCH3 is 1. The van der Waals surface area contributed by atoms with Crippen molar-refractivity contribution >= 4 is 40.3 Å². The van der Waals surface area contributed by atoms with E-state index < -0.39 is 0 Å². The summed E-state index contributed by atoms with van der Waals surface area (Å²) in [5.41, 5.74) is 10.0.